The Labute approximate surface area is 210 Å². The monoisotopic (exact) mass is 507 g/mol. The van der Waals surface area contributed by atoms with Gasteiger partial charge in [0.25, 0.3) is 5.56 Å². The van der Waals surface area contributed by atoms with Crippen molar-refractivity contribution < 1.29 is 14.3 Å². The topological polar surface area (TPSA) is 117 Å². The molecule has 0 radical (unpaired) electrons. The van der Waals surface area contributed by atoms with Gasteiger partial charge in [0.05, 0.1) is 13.7 Å². The number of methoxy groups -OCH3 is 1. The van der Waals surface area contributed by atoms with E-state index in [9.17, 15) is 14.4 Å². The van der Waals surface area contributed by atoms with Gasteiger partial charge in [0, 0.05) is 29.4 Å². The molecule has 0 fully saturated rings. The molecule has 0 amide bonds. The first-order valence-corrected chi connectivity index (χ1v) is 11.3. The molecule has 0 bridgehead atoms. The molecule has 2 aromatic carbocycles. The number of hydrogen-bond acceptors (Lipinski definition) is 8. The minimum atomic E-state index is -0.592. The van der Waals surface area contributed by atoms with E-state index in [2.05, 4.69) is 20.3 Å². The van der Waals surface area contributed by atoms with Crippen LogP contribution >= 0.6 is 11.6 Å². The molecule has 1 N–H and O–H groups in total. The second kappa shape index (κ2) is 10.9. The molecule has 2 aromatic heterocycles. The molecule has 0 spiro atoms. The summed E-state index contributed by atoms with van der Waals surface area (Å²) < 4.78 is 12.9. The number of anilines is 2. The molecule has 0 saturated carbocycles. The lowest BCUT2D eigenvalue weighted by Crippen LogP contribution is -2.40. The zero-order chi connectivity index (χ0) is 25.7. The second-order valence-corrected chi connectivity index (χ2v) is 8.04. The summed E-state index contributed by atoms with van der Waals surface area (Å²) in [5.74, 6) is 0.428. The summed E-state index contributed by atoms with van der Waals surface area (Å²) >= 11 is 5.98. The molecule has 0 saturated heterocycles. The largest absolute Gasteiger partial charge is 0.464 e. The average molecular weight is 508 g/mol. The molecule has 11 heteroatoms. The molecule has 184 valence electrons. The highest BCUT2D eigenvalue weighted by atomic mass is 35.5. The number of rotatable bonds is 8. The van der Waals surface area contributed by atoms with Crippen LogP contribution in [0.2, 0.25) is 5.02 Å². The van der Waals surface area contributed by atoms with Crippen molar-refractivity contribution in [2.75, 3.05) is 12.4 Å². The Morgan fingerprint density at radius 3 is 2.31 bits per heavy atom. The van der Waals surface area contributed by atoms with E-state index in [0.717, 1.165) is 5.56 Å². The van der Waals surface area contributed by atoms with E-state index in [1.807, 2.05) is 12.1 Å². The number of halogens is 1. The minimum absolute atomic E-state index is 0.0686. The molecule has 4 rings (SSSR count). The summed E-state index contributed by atoms with van der Waals surface area (Å²) in [6.07, 6.45) is 0. The van der Waals surface area contributed by atoms with E-state index in [0.29, 0.717) is 22.3 Å². The summed E-state index contributed by atoms with van der Waals surface area (Å²) in [6, 6.07) is 18.3. The number of ether oxygens (including phenoxy) is 2. The fourth-order valence-electron chi connectivity index (χ4n) is 3.40. The van der Waals surface area contributed by atoms with Crippen molar-refractivity contribution >= 4 is 29.1 Å². The fraction of sp³-hybridized carbons (Fsp3) is 0.160. The van der Waals surface area contributed by atoms with E-state index in [1.165, 1.54) is 34.4 Å². The SMILES string of the molecule is CCn1c(=O)cc(Nc2ccc(Oc3ccc(C(=O)OC)nn3)cc2)n(Cc2ccc(Cl)cc2)c1=O. The maximum absolute atomic E-state index is 13.0. The lowest BCUT2D eigenvalue weighted by Gasteiger charge is -2.16. The van der Waals surface area contributed by atoms with Crippen LogP contribution in [0, 0.1) is 0 Å². The third-order valence-electron chi connectivity index (χ3n) is 5.23. The van der Waals surface area contributed by atoms with Gasteiger partial charge in [-0.3, -0.25) is 13.9 Å². The zero-order valence-electron chi connectivity index (χ0n) is 19.5. The quantitative estimate of drug-likeness (QED) is 0.357. The number of nitrogens with zero attached hydrogens (tertiary/aromatic N) is 4. The van der Waals surface area contributed by atoms with Crippen molar-refractivity contribution in [2.24, 2.45) is 0 Å². The Hall–Kier alpha value is -4.44. The van der Waals surface area contributed by atoms with Gasteiger partial charge in [-0.25, -0.2) is 9.59 Å². The maximum Gasteiger partial charge on any atom is 0.358 e. The van der Waals surface area contributed by atoms with Crippen LogP contribution in [0.25, 0.3) is 0 Å². The van der Waals surface area contributed by atoms with Crippen LogP contribution in [-0.2, 0) is 17.8 Å². The highest BCUT2D eigenvalue weighted by molar-refractivity contribution is 6.30. The lowest BCUT2D eigenvalue weighted by atomic mass is 10.2. The van der Waals surface area contributed by atoms with Gasteiger partial charge in [0.15, 0.2) is 5.69 Å². The van der Waals surface area contributed by atoms with Gasteiger partial charge < -0.3 is 14.8 Å². The average Bonchev–Trinajstić information content (AvgIpc) is 2.89. The van der Waals surface area contributed by atoms with E-state index >= 15 is 0 Å². The second-order valence-electron chi connectivity index (χ2n) is 7.61. The van der Waals surface area contributed by atoms with Gasteiger partial charge in [-0.2, -0.15) is 0 Å². The van der Waals surface area contributed by atoms with Crippen LogP contribution in [0.15, 0.2) is 76.3 Å². The van der Waals surface area contributed by atoms with Crippen molar-refractivity contribution in [1.29, 1.82) is 0 Å². The first-order valence-electron chi connectivity index (χ1n) is 10.9. The van der Waals surface area contributed by atoms with Gasteiger partial charge in [-0.1, -0.05) is 23.7 Å². The third-order valence-corrected chi connectivity index (χ3v) is 5.48. The highest BCUT2D eigenvalue weighted by Gasteiger charge is 2.12. The Kier molecular flexibility index (Phi) is 7.45. The van der Waals surface area contributed by atoms with Crippen LogP contribution < -0.4 is 21.3 Å². The number of carbonyl (C=O) groups is 1. The molecule has 0 aliphatic heterocycles. The van der Waals surface area contributed by atoms with Gasteiger partial charge in [0.2, 0.25) is 5.88 Å². The Bertz CT molecular complexity index is 1480. The molecule has 0 aliphatic rings. The first kappa shape index (κ1) is 24.7. The zero-order valence-corrected chi connectivity index (χ0v) is 20.2. The van der Waals surface area contributed by atoms with Gasteiger partial charge in [0.1, 0.15) is 11.6 Å². The van der Waals surface area contributed by atoms with Crippen LogP contribution in [0.3, 0.4) is 0 Å². The maximum atomic E-state index is 13.0. The number of benzene rings is 2. The lowest BCUT2D eigenvalue weighted by molar-refractivity contribution is 0.0592. The van der Waals surface area contributed by atoms with Gasteiger partial charge in [-0.05, 0) is 55.0 Å². The molecule has 0 aliphatic carbocycles. The summed E-state index contributed by atoms with van der Waals surface area (Å²) in [4.78, 5) is 37.0. The summed E-state index contributed by atoms with van der Waals surface area (Å²) in [5, 5.41) is 11.4. The number of aromatic nitrogens is 4. The third kappa shape index (κ3) is 5.61. The Balaban J connectivity index is 1.56. The number of nitrogens with one attached hydrogen (secondary N) is 1. The smallest absolute Gasteiger partial charge is 0.358 e. The minimum Gasteiger partial charge on any atom is -0.464 e. The van der Waals surface area contributed by atoms with Crippen LogP contribution in [-0.4, -0.2) is 32.4 Å². The number of esters is 1. The Morgan fingerprint density at radius 2 is 1.69 bits per heavy atom. The molecule has 4 aromatic rings. The predicted molar refractivity (Wildman–Crippen MR) is 134 cm³/mol. The Morgan fingerprint density at radius 1 is 0.972 bits per heavy atom. The molecule has 0 unspecified atom stereocenters. The fourth-order valence-corrected chi connectivity index (χ4v) is 3.52. The standard InChI is InChI=1S/C25H22ClN5O5/c1-3-30-23(32)14-21(31(25(30)34)15-16-4-6-17(26)7-5-16)27-18-8-10-19(11-9-18)36-22-13-12-20(28-29-22)24(33)35-2/h4-14,27H,3,15H2,1-2H3. The summed E-state index contributed by atoms with van der Waals surface area (Å²) in [7, 11) is 1.26. The van der Waals surface area contributed by atoms with E-state index in [4.69, 9.17) is 16.3 Å². The molecular formula is C25H22ClN5O5. The predicted octanol–water partition coefficient (Wildman–Crippen LogP) is 3.84. The van der Waals surface area contributed by atoms with Crippen molar-refractivity contribution in [2.45, 2.75) is 20.0 Å². The molecule has 2 heterocycles. The van der Waals surface area contributed by atoms with Crippen molar-refractivity contribution in [3.8, 4) is 11.6 Å². The molecular weight excluding hydrogens is 486 g/mol. The van der Waals surface area contributed by atoms with Gasteiger partial charge in [-0.15, -0.1) is 10.2 Å². The first-order chi connectivity index (χ1) is 17.4. The normalized spacial score (nSPS) is 10.6. The highest BCUT2D eigenvalue weighted by Crippen LogP contribution is 2.23. The van der Waals surface area contributed by atoms with Crippen LogP contribution in [0.5, 0.6) is 11.6 Å². The molecule has 10 nitrogen and oxygen atoms in total. The van der Waals surface area contributed by atoms with Crippen molar-refractivity contribution in [3.05, 3.63) is 104 Å². The van der Waals surface area contributed by atoms with Crippen LogP contribution in [0.1, 0.15) is 23.0 Å². The van der Waals surface area contributed by atoms with Crippen molar-refractivity contribution in [3.63, 3.8) is 0 Å². The van der Waals surface area contributed by atoms with E-state index in [1.54, 1.807) is 43.3 Å². The summed E-state index contributed by atoms with van der Waals surface area (Å²) in [6.45, 7) is 2.25. The van der Waals surface area contributed by atoms with Crippen molar-refractivity contribution in [1.82, 2.24) is 19.3 Å². The van der Waals surface area contributed by atoms with Crippen LogP contribution in [0.4, 0.5) is 11.5 Å². The molecule has 36 heavy (non-hydrogen) atoms. The molecule has 0 atom stereocenters. The van der Waals surface area contributed by atoms with E-state index in [-0.39, 0.29) is 24.7 Å². The van der Waals surface area contributed by atoms with E-state index < -0.39 is 17.2 Å². The van der Waals surface area contributed by atoms with Gasteiger partial charge >= 0.3 is 11.7 Å². The number of carbonyl (C=O) groups excluding carboxylic acids is 1. The summed E-state index contributed by atoms with van der Waals surface area (Å²) in [5.41, 5.74) is 0.739. The number of hydrogen-bond donors (Lipinski definition) is 1.